The second-order valence-corrected chi connectivity index (χ2v) is 9.65. The zero-order valence-electron chi connectivity index (χ0n) is 21.8. The molecule has 0 aliphatic rings. The predicted molar refractivity (Wildman–Crippen MR) is 146 cm³/mol. The van der Waals surface area contributed by atoms with Gasteiger partial charge in [0.05, 0.1) is 11.6 Å². The molecule has 0 spiro atoms. The summed E-state index contributed by atoms with van der Waals surface area (Å²) < 4.78 is 16.8. The largest absolute Gasteiger partial charge is 0.492 e. The Morgan fingerprint density at radius 2 is 1.68 bits per heavy atom. The molecule has 0 saturated heterocycles. The molecular weight excluding hydrogens is 517 g/mol. The van der Waals surface area contributed by atoms with Crippen molar-refractivity contribution in [1.29, 1.82) is 0 Å². The number of carbonyl (C=O) groups excluding carboxylic acids is 1. The van der Waals surface area contributed by atoms with Crippen LogP contribution in [0, 0.1) is 5.92 Å². The van der Waals surface area contributed by atoms with Gasteiger partial charge in [-0.1, -0.05) is 62.0 Å². The van der Waals surface area contributed by atoms with Crippen LogP contribution in [0.3, 0.4) is 0 Å². The fraction of sp³-hybridized carbons (Fsp3) is 0.500. The van der Waals surface area contributed by atoms with Crippen LogP contribution >= 0.6 is 23.2 Å². The molecule has 204 valence electrons. The van der Waals surface area contributed by atoms with Crippen LogP contribution in [-0.2, 0) is 16.0 Å². The standard InChI is InChI=1S/C28H37Cl2NO6/c1-4-7-21(8-5-2)19-31(28(34)37-25-14-11-22(29)18-24(25)30)15-16-36-23-12-9-20(10-13-23)17-26(27(32)33)35-6-3/h9-14,18,21,26H,4-8,15-17,19H2,1-3H3,(H,32,33). The van der Waals surface area contributed by atoms with Gasteiger partial charge in [0.15, 0.2) is 11.9 Å². The number of amides is 1. The van der Waals surface area contributed by atoms with E-state index in [0.29, 0.717) is 36.4 Å². The summed E-state index contributed by atoms with van der Waals surface area (Å²) in [5.74, 6) is 0.250. The van der Waals surface area contributed by atoms with Crippen LogP contribution in [0.4, 0.5) is 4.79 Å². The highest BCUT2D eigenvalue weighted by Crippen LogP contribution is 2.28. The van der Waals surface area contributed by atoms with Crippen LogP contribution in [-0.4, -0.2) is 54.5 Å². The summed E-state index contributed by atoms with van der Waals surface area (Å²) in [6.07, 6.45) is 2.99. The van der Waals surface area contributed by atoms with E-state index in [1.807, 2.05) is 12.1 Å². The first-order valence-electron chi connectivity index (χ1n) is 12.7. The first-order valence-corrected chi connectivity index (χ1v) is 13.5. The third kappa shape index (κ3) is 10.8. The Morgan fingerprint density at radius 3 is 2.24 bits per heavy atom. The molecule has 37 heavy (non-hydrogen) atoms. The molecule has 0 heterocycles. The summed E-state index contributed by atoms with van der Waals surface area (Å²) >= 11 is 12.2. The van der Waals surface area contributed by atoms with Crippen molar-refractivity contribution in [3.63, 3.8) is 0 Å². The van der Waals surface area contributed by atoms with Gasteiger partial charge in [0, 0.05) is 24.6 Å². The molecule has 0 aliphatic carbocycles. The number of benzene rings is 2. The van der Waals surface area contributed by atoms with Crippen LogP contribution in [0.5, 0.6) is 11.5 Å². The number of rotatable bonds is 16. The molecule has 7 nitrogen and oxygen atoms in total. The minimum Gasteiger partial charge on any atom is -0.492 e. The average Bonchev–Trinajstić information content (AvgIpc) is 2.86. The van der Waals surface area contributed by atoms with Gasteiger partial charge in [-0.2, -0.15) is 0 Å². The fourth-order valence-corrected chi connectivity index (χ4v) is 4.50. The molecule has 2 rings (SSSR count). The van der Waals surface area contributed by atoms with Crippen molar-refractivity contribution in [2.45, 2.75) is 59.0 Å². The van der Waals surface area contributed by atoms with Crippen LogP contribution in [0.1, 0.15) is 52.0 Å². The Hall–Kier alpha value is -2.48. The van der Waals surface area contributed by atoms with Gasteiger partial charge >= 0.3 is 12.1 Å². The maximum absolute atomic E-state index is 13.1. The molecule has 1 N–H and O–H groups in total. The van der Waals surface area contributed by atoms with Crippen molar-refractivity contribution < 1.29 is 28.9 Å². The molecular formula is C28H37Cl2NO6. The SMILES string of the molecule is CCCC(CCC)CN(CCOc1ccc(CC(OCC)C(=O)O)cc1)C(=O)Oc1ccc(Cl)cc1Cl. The number of ether oxygens (including phenoxy) is 3. The summed E-state index contributed by atoms with van der Waals surface area (Å²) in [6, 6.07) is 11.9. The molecule has 0 aromatic heterocycles. The average molecular weight is 555 g/mol. The van der Waals surface area contributed by atoms with Crippen molar-refractivity contribution in [2.75, 3.05) is 26.3 Å². The van der Waals surface area contributed by atoms with Crippen LogP contribution in [0.2, 0.25) is 10.0 Å². The zero-order chi connectivity index (χ0) is 27.2. The molecule has 2 aromatic rings. The molecule has 0 bridgehead atoms. The fourth-order valence-electron chi connectivity index (χ4n) is 4.06. The quantitative estimate of drug-likeness (QED) is 0.238. The van der Waals surface area contributed by atoms with Gasteiger partial charge in [-0.3, -0.25) is 0 Å². The summed E-state index contributed by atoms with van der Waals surface area (Å²) in [5, 5.41) is 10.0. The van der Waals surface area contributed by atoms with Gasteiger partial charge in [0.1, 0.15) is 12.4 Å². The van der Waals surface area contributed by atoms with Gasteiger partial charge in [-0.25, -0.2) is 9.59 Å². The minimum atomic E-state index is -0.988. The molecule has 0 saturated carbocycles. The van der Waals surface area contributed by atoms with Crippen LogP contribution in [0.25, 0.3) is 0 Å². The second-order valence-electron chi connectivity index (χ2n) is 8.81. The maximum atomic E-state index is 13.1. The van der Waals surface area contributed by atoms with Gasteiger partial charge < -0.3 is 24.2 Å². The van der Waals surface area contributed by atoms with Crippen molar-refractivity contribution >= 4 is 35.3 Å². The monoisotopic (exact) mass is 553 g/mol. The highest BCUT2D eigenvalue weighted by molar-refractivity contribution is 6.35. The predicted octanol–water partition coefficient (Wildman–Crippen LogP) is 7.12. The highest BCUT2D eigenvalue weighted by Gasteiger charge is 2.22. The van der Waals surface area contributed by atoms with Crippen molar-refractivity contribution in [2.24, 2.45) is 5.92 Å². The molecule has 9 heteroatoms. The van der Waals surface area contributed by atoms with E-state index >= 15 is 0 Å². The highest BCUT2D eigenvalue weighted by atomic mass is 35.5. The zero-order valence-corrected chi connectivity index (χ0v) is 23.3. The molecule has 1 amide bonds. The maximum Gasteiger partial charge on any atom is 0.415 e. The third-order valence-electron chi connectivity index (χ3n) is 5.84. The normalized spacial score (nSPS) is 11.8. The van der Waals surface area contributed by atoms with E-state index in [4.69, 9.17) is 37.4 Å². The smallest absolute Gasteiger partial charge is 0.415 e. The number of hydrogen-bond acceptors (Lipinski definition) is 5. The molecule has 1 atom stereocenters. The molecule has 0 fully saturated rings. The molecule has 1 unspecified atom stereocenters. The van der Waals surface area contributed by atoms with Crippen molar-refractivity contribution in [3.05, 3.63) is 58.1 Å². The van der Waals surface area contributed by atoms with E-state index in [2.05, 4.69) is 13.8 Å². The Bertz CT molecular complexity index is 979. The number of carboxylic acids is 1. The summed E-state index contributed by atoms with van der Waals surface area (Å²) in [5.41, 5.74) is 0.834. The van der Waals surface area contributed by atoms with Gasteiger partial charge in [-0.15, -0.1) is 0 Å². The lowest BCUT2D eigenvalue weighted by Crippen LogP contribution is -2.40. The van der Waals surface area contributed by atoms with Crippen LogP contribution < -0.4 is 9.47 Å². The van der Waals surface area contributed by atoms with Gasteiger partial charge in [0.25, 0.3) is 0 Å². The lowest BCUT2D eigenvalue weighted by molar-refractivity contribution is -0.149. The minimum absolute atomic E-state index is 0.256. The van der Waals surface area contributed by atoms with E-state index in [0.717, 1.165) is 31.2 Å². The summed E-state index contributed by atoms with van der Waals surface area (Å²) in [7, 11) is 0. The number of aliphatic carboxylic acids is 1. The van der Waals surface area contributed by atoms with E-state index in [-0.39, 0.29) is 23.8 Å². The summed E-state index contributed by atoms with van der Waals surface area (Å²) in [4.78, 5) is 26.1. The van der Waals surface area contributed by atoms with E-state index in [1.54, 1.807) is 36.1 Å². The first-order chi connectivity index (χ1) is 17.8. The first kappa shape index (κ1) is 30.7. The van der Waals surface area contributed by atoms with Gasteiger partial charge in [0.2, 0.25) is 0 Å². The Morgan fingerprint density at radius 1 is 1.00 bits per heavy atom. The molecule has 2 aromatic carbocycles. The van der Waals surface area contributed by atoms with Crippen LogP contribution in [0.15, 0.2) is 42.5 Å². The molecule has 0 aliphatic heterocycles. The molecule has 0 radical (unpaired) electrons. The van der Waals surface area contributed by atoms with E-state index in [1.165, 1.54) is 6.07 Å². The Balaban J connectivity index is 2.03. The Kier molecular flexibility index (Phi) is 13.6. The van der Waals surface area contributed by atoms with Crippen molar-refractivity contribution in [1.82, 2.24) is 4.90 Å². The summed E-state index contributed by atoms with van der Waals surface area (Å²) in [6.45, 7) is 7.53. The lowest BCUT2D eigenvalue weighted by atomic mass is 9.98. The van der Waals surface area contributed by atoms with E-state index in [9.17, 15) is 14.7 Å². The number of hydrogen-bond donors (Lipinski definition) is 1. The second kappa shape index (κ2) is 16.4. The Labute approximate surface area is 229 Å². The number of nitrogens with zero attached hydrogens (tertiary/aromatic N) is 1. The van der Waals surface area contributed by atoms with Gasteiger partial charge in [-0.05, 0) is 61.6 Å². The number of carbonyl (C=O) groups is 2. The third-order valence-corrected chi connectivity index (χ3v) is 6.37. The number of halogens is 2. The van der Waals surface area contributed by atoms with Crippen molar-refractivity contribution in [3.8, 4) is 11.5 Å². The number of carboxylic acid groups (broad SMARTS) is 1. The lowest BCUT2D eigenvalue weighted by Gasteiger charge is -2.27. The topological polar surface area (TPSA) is 85.3 Å². The van der Waals surface area contributed by atoms with E-state index < -0.39 is 18.2 Å².